The van der Waals surface area contributed by atoms with Crippen molar-refractivity contribution >= 4 is 17.3 Å². The van der Waals surface area contributed by atoms with Gasteiger partial charge in [0.15, 0.2) is 5.11 Å². The van der Waals surface area contributed by atoms with Crippen LogP contribution in [0, 0.1) is 0 Å². The summed E-state index contributed by atoms with van der Waals surface area (Å²) >= 11 is 4.97. The first-order valence-electron chi connectivity index (χ1n) is 5.56. The molecule has 0 unspecified atom stereocenters. The van der Waals surface area contributed by atoms with Crippen molar-refractivity contribution in [1.29, 1.82) is 0 Å². The maximum absolute atomic E-state index is 5.60. The van der Waals surface area contributed by atoms with Crippen LogP contribution in [0.2, 0.25) is 0 Å². The summed E-state index contributed by atoms with van der Waals surface area (Å²) in [5, 5.41) is 0.566. The number of piperazine rings is 1. The van der Waals surface area contributed by atoms with Crippen LogP contribution in [0.25, 0.3) is 0 Å². The van der Waals surface area contributed by atoms with Gasteiger partial charge in [0.05, 0.1) is 0 Å². The Morgan fingerprint density at radius 1 is 1.07 bits per heavy atom. The number of nitrogens with two attached hydrogens (primary N) is 1. The van der Waals surface area contributed by atoms with Gasteiger partial charge in [-0.1, -0.05) is 12.8 Å². The Morgan fingerprint density at radius 2 is 1.64 bits per heavy atom. The van der Waals surface area contributed by atoms with Crippen molar-refractivity contribution in [3.05, 3.63) is 0 Å². The third kappa shape index (κ3) is 2.17. The molecule has 0 aromatic heterocycles. The fourth-order valence-corrected chi connectivity index (χ4v) is 2.76. The number of hydrogen-bond donors (Lipinski definition) is 1. The van der Waals surface area contributed by atoms with Gasteiger partial charge in [-0.05, 0) is 25.1 Å². The van der Waals surface area contributed by atoms with Gasteiger partial charge in [0.25, 0.3) is 0 Å². The van der Waals surface area contributed by atoms with Gasteiger partial charge in [-0.15, -0.1) is 0 Å². The monoisotopic (exact) mass is 213 g/mol. The normalized spacial score (nSPS) is 25.6. The molecule has 0 aromatic carbocycles. The largest absolute Gasteiger partial charge is 0.376 e. The minimum atomic E-state index is 0.566. The Labute approximate surface area is 91.2 Å². The van der Waals surface area contributed by atoms with Crippen LogP contribution in [0.5, 0.6) is 0 Å². The van der Waals surface area contributed by atoms with Crippen LogP contribution in [0.3, 0.4) is 0 Å². The topological polar surface area (TPSA) is 32.5 Å². The zero-order valence-electron chi connectivity index (χ0n) is 8.61. The molecular formula is C10H19N3S. The third-order valence-electron chi connectivity index (χ3n) is 3.47. The summed E-state index contributed by atoms with van der Waals surface area (Å²) in [7, 11) is 0. The predicted octanol–water partition coefficient (Wildman–Crippen LogP) is 0.790. The second-order valence-corrected chi connectivity index (χ2v) is 4.72. The van der Waals surface area contributed by atoms with Crippen molar-refractivity contribution < 1.29 is 0 Å². The van der Waals surface area contributed by atoms with Crippen LogP contribution in [-0.4, -0.2) is 47.1 Å². The molecule has 1 heterocycles. The second-order valence-electron chi connectivity index (χ2n) is 4.30. The van der Waals surface area contributed by atoms with Crippen molar-refractivity contribution in [1.82, 2.24) is 9.80 Å². The van der Waals surface area contributed by atoms with E-state index in [9.17, 15) is 0 Å². The predicted molar refractivity (Wildman–Crippen MR) is 62.2 cm³/mol. The Morgan fingerprint density at radius 3 is 2.14 bits per heavy atom. The summed E-state index contributed by atoms with van der Waals surface area (Å²) in [6.07, 6.45) is 5.63. The van der Waals surface area contributed by atoms with Gasteiger partial charge in [0, 0.05) is 32.2 Å². The molecule has 2 N–H and O–H groups in total. The molecule has 2 rings (SSSR count). The highest BCUT2D eigenvalue weighted by Gasteiger charge is 2.26. The van der Waals surface area contributed by atoms with Crippen LogP contribution in [-0.2, 0) is 0 Å². The summed E-state index contributed by atoms with van der Waals surface area (Å²) < 4.78 is 0. The SMILES string of the molecule is NC(=S)N1CCN(C2CCCC2)CC1. The number of rotatable bonds is 1. The summed E-state index contributed by atoms with van der Waals surface area (Å²) in [5.74, 6) is 0. The molecule has 0 spiro atoms. The van der Waals surface area contributed by atoms with Crippen molar-refractivity contribution in [2.24, 2.45) is 5.73 Å². The zero-order chi connectivity index (χ0) is 9.97. The van der Waals surface area contributed by atoms with Crippen LogP contribution < -0.4 is 5.73 Å². The first kappa shape index (κ1) is 10.2. The molecule has 0 aromatic rings. The average molecular weight is 213 g/mol. The minimum Gasteiger partial charge on any atom is -0.376 e. The molecule has 1 aliphatic heterocycles. The van der Waals surface area contributed by atoms with E-state index in [4.69, 9.17) is 18.0 Å². The van der Waals surface area contributed by atoms with E-state index in [1.54, 1.807) is 0 Å². The Balaban J connectivity index is 1.80. The fraction of sp³-hybridized carbons (Fsp3) is 0.900. The van der Waals surface area contributed by atoms with Crippen molar-refractivity contribution in [3.8, 4) is 0 Å². The molecule has 2 aliphatic rings. The molecule has 1 saturated carbocycles. The summed E-state index contributed by atoms with van der Waals surface area (Å²) in [4.78, 5) is 4.72. The average Bonchev–Trinajstić information content (AvgIpc) is 2.71. The summed E-state index contributed by atoms with van der Waals surface area (Å²) in [5.41, 5.74) is 5.60. The van der Waals surface area contributed by atoms with E-state index < -0.39 is 0 Å². The number of nitrogens with zero attached hydrogens (tertiary/aromatic N) is 2. The van der Waals surface area contributed by atoms with Gasteiger partial charge < -0.3 is 10.6 Å². The standard InChI is InChI=1S/C10H19N3S/c11-10(14)13-7-5-12(6-8-13)9-3-1-2-4-9/h9H,1-8H2,(H2,11,14). The molecule has 80 valence electrons. The highest BCUT2D eigenvalue weighted by molar-refractivity contribution is 7.80. The van der Waals surface area contributed by atoms with Gasteiger partial charge in [0.1, 0.15) is 0 Å². The molecule has 2 fully saturated rings. The molecule has 0 amide bonds. The van der Waals surface area contributed by atoms with Gasteiger partial charge in [-0.3, -0.25) is 4.90 Å². The maximum Gasteiger partial charge on any atom is 0.166 e. The van der Waals surface area contributed by atoms with E-state index in [2.05, 4.69) is 9.80 Å². The zero-order valence-corrected chi connectivity index (χ0v) is 9.43. The third-order valence-corrected chi connectivity index (χ3v) is 3.73. The van der Waals surface area contributed by atoms with Crippen molar-refractivity contribution in [2.75, 3.05) is 26.2 Å². The minimum absolute atomic E-state index is 0.566. The van der Waals surface area contributed by atoms with Crippen molar-refractivity contribution in [3.63, 3.8) is 0 Å². The van der Waals surface area contributed by atoms with E-state index in [1.165, 1.54) is 25.7 Å². The lowest BCUT2D eigenvalue weighted by atomic mass is 10.2. The van der Waals surface area contributed by atoms with Crippen LogP contribution in [0.1, 0.15) is 25.7 Å². The lowest BCUT2D eigenvalue weighted by Crippen LogP contribution is -2.52. The van der Waals surface area contributed by atoms with Gasteiger partial charge in [0.2, 0.25) is 0 Å². The molecular weight excluding hydrogens is 194 g/mol. The molecule has 0 bridgehead atoms. The van der Waals surface area contributed by atoms with Crippen molar-refractivity contribution in [2.45, 2.75) is 31.7 Å². The van der Waals surface area contributed by atoms with E-state index in [0.29, 0.717) is 5.11 Å². The fourth-order valence-electron chi connectivity index (χ4n) is 2.58. The maximum atomic E-state index is 5.60. The lowest BCUT2D eigenvalue weighted by molar-refractivity contribution is 0.134. The van der Waals surface area contributed by atoms with Crippen LogP contribution >= 0.6 is 12.2 Å². The lowest BCUT2D eigenvalue weighted by Gasteiger charge is -2.38. The smallest absolute Gasteiger partial charge is 0.166 e. The number of thiocarbonyl (C=S) groups is 1. The second kappa shape index (κ2) is 4.45. The Kier molecular flexibility index (Phi) is 3.23. The molecule has 3 nitrogen and oxygen atoms in total. The molecule has 1 saturated heterocycles. The molecule has 4 heteroatoms. The Hall–Kier alpha value is -0.350. The van der Waals surface area contributed by atoms with E-state index in [0.717, 1.165) is 32.2 Å². The van der Waals surface area contributed by atoms with Gasteiger partial charge >= 0.3 is 0 Å². The summed E-state index contributed by atoms with van der Waals surface area (Å²) in [6.45, 7) is 4.32. The first-order chi connectivity index (χ1) is 6.77. The quantitative estimate of drug-likeness (QED) is 0.653. The molecule has 0 radical (unpaired) electrons. The van der Waals surface area contributed by atoms with Crippen LogP contribution in [0.15, 0.2) is 0 Å². The molecule has 14 heavy (non-hydrogen) atoms. The van der Waals surface area contributed by atoms with Gasteiger partial charge in [-0.25, -0.2) is 0 Å². The van der Waals surface area contributed by atoms with E-state index >= 15 is 0 Å². The van der Waals surface area contributed by atoms with E-state index in [-0.39, 0.29) is 0 Å². The molecule has 1 aliphatic carbocycles. The Bertz CT molecular complexity index is 205. The highest BCUT2D eigenvalue weighted by Crippen LogP contribution is 2.24. The van der Waals surface area contributed by atoms with E-state index in [1.807, 2.05) is 0 Å². The molecule has 0 atom stereocenters. The first-order valence-corrected chi connectivity index (χ1v) is 5.96. The van der Waals surface area contributed by atoms with Gasteiger partial charge in [-0.2, -0.15) is 0 Å². The summed E-state index contributed by atoms with van der Waals surface area (Å²) in [6, 6.07) is 0.850. The highest BCUT2D eigenvalue weighted by atomic mass is 32.1. The number of hydrogen-bond acceptors (Lipinski definition) is 2. The van der Waals surface area contributed by atoms with Crippen LogP contribution in [0.4, 0.5) is 0 Å².